The van der Waals surface area contributed by atoms with Crippen molar-refractivity contribution in [2.45, 2.75) is 26.7 Å². The first-order chi connectivity index (χ1) is 14.0. The highest BCUT2D eigenvalue weighted by Crippen LogP contribution is 2.13. The van der Waals surface area contributed by atoms with E-state index in [1.165, 1.54) is 0 Å². The number of aliphatic imine (C=N–C) groups is 1. The summed E-state index contributed by atoms with van der Waals surface area (Å²) in [6.07, 6.45) is 0.978. The van der Waals surface area contributed by atoms with E-state index in [0.29, 0.717) is 49.2 Å². The predicted molar refractivity (Wildman–Crippen MR) is 127 cm³/mol. The van der Waals surface area contributed by atoms with E-state index in [4.69, 9.17) is 16.1 Å². The lowest BCUT2D eigenvalue weighted by molar-refractivity contribution is -0.131. The number of piperazine rings is 1. The minimum Gasteiger partial charge on any atom is -0.357 e. The van der Waals surface area contributed by atoms with Gasteiger partial charge in [0.25, 0.3) is 0 Å². The Morgan fingerprint density at radius 2 is 2.00 bits per heavy atom. The van der Waals surface area contributed by atoms with Crippen LogP contribution in [0.5, 0.6) is 0 Å². The minimum absolute atomic E-state index is 0. The molecule has 1 fully saturated rings. The van der Waals surface area contributed by atoms with Crippen molar-refractivity contribution in [1.29, 1.82) is 0 Å². The third-order valence-electron chi connectivity index (χ3n) is 4.67. The summed E-state index contributed by atoms with van der Waals surface area (Å²) in [6.45, 7) is 8.03. The molecule has 10 heteroatoms. The van der Waals surface area contributed by atoms with Crippen molar-refractivity contribution in [3.63, 3.8) is 0 Å². The second-order valence-corrected chi connectivity index (χ2v) is 7.33. The number of amides is 1. The van der Waals surface area contributed by atoms with E-state index < -0.39 is 0 Å². The van der Waals surface area contributed by atoms with Gasteiger partial charge in [0, 0.05) is 44.2 Å². The molecule has 0 aliphatic carbocycles. The number of nitrogens with one attached hydrogen (secondary N) is 1. The normalized spacial score (nSPS) is 14.4. The van der Waals surface area contributed by atoms with Crippen LogP contribution in [0, 0.1) is 6.92 Å². The van der Waals surface area contributed by atoms with Gasteiger partial charge in [-0.3, -0.25) is 9.79 Å². The smallest absolute Gasteiger partial charge is 0.228 e. The number of carbonyl (C=O) groups excluding carboxylic acids is 1. The number of benzene rings is 1. The molecular weight excluding hydrogens is 519 g/mol. The molecule has 1 N–H and O–H groups in total. The third kappa shape index (κ3) is 7.12. The van der Waals surface area contributed by atoms with Crippen molar-refractivity contribution in [2.75, 3.05) is 39.3 Å². The summed E-state index contributed by atoms with van der Waals surface area (Å²) in [5.41, 5.74) is 0.941. The quantitative estimate of drug-likeness (QED) is 0.341. The fraction of sp³-hybridized carbons (Fsp3) is 0.500. The van der Waals surface area contributed by atoms with Crippen LogP contribution in [-0.4, -0.2) is 71.1 Å². The monoisotopic (exact) mass is 546 g/mol. The Balaban J connectivity index is 0.00000320. The van der Waals surface area contributed by atoms with Crippen LogP contribution in [0.3, 0.4) is 0 Å². The molecule has 2 heterocycles. The Bertz CT molecular complexity index is 851. The number of guanidine groups is 1. The van der Waals surface area contributed by atoms with Crippen LogP contribution in [0.4, 0.5) is 0 Å². The van der Waals surface area contributed by atoms with E-state index in [9.17, 15) is 4.79 Å². The van der Waals surface area contributed by atoms with E-state index in [-0.39, 0.29) is 29.9 Å². The third-order valence-corrected chi connectivity index (χ3v) is 4.90. The predicted octanol–water partition coefficient (Wildman–Crippen LogP) is 2.54. The maximum absolute atomic E-state index is 12.6. The molecule has 1 saturated heterocycles. The summed E-state index contributed by atoms with van der Waals surface area (Å²) in [6, 6.07) is 7.46. The molecule has 1 aromatic heterocycles. The molecule has 0 unspecified atom stereocenters. The van der Waals surface area contributed by atoms with Gasteiger partial charge in [0.1, 0.15) is 0 Å². The van der Waals surface area contributed by atoms with Gasteiger partial charge in [-0.2, -0.15) is 4.98 Å². The second-order valence-electron chi connectivity index (χ2n) is 6.90. The highest BCUT2D eigenvalue weighted by molar-refractivity contribution is 14.0. The molecule has 0 atom stereocenters. The molecule has 0 spiro atoms. The average Bonchev–Trinajstić information content (AvgIpc) is 3.12. The van der Waals surface area contributed by atoms with Crippen LogP contribution >= 0.6 is 35.6 Å². The van der Waals surface area contributed by atoms with Gasteiger partial charge in [0.2, 0.25) is 11.8 Å². The fourth-order valence-electron chi connectivity index (χ4n) is 3.23. The van der Waals surface area contributed by atoms with E-state index in [2.05, 4.69) is 25.3 Å². The van der Waals surface area contributed by atoms with Gasteiger partial charge >= 0.3 is 0 Å². The highest BCUT2D eigenvalue weighted by Gasteiger charge is 2.23. The number of nitrogens with zero attached hydrogens (tertiary/aromatic N) is 5. The van der Waals surface area contributed by atoms with Crippen LogP contribution in [0.15, 0.2) is 33.8 Å². The number of aryl methyl sites for hydroxylation is 1. The van der Waals surface area contributed by atoms with Crippen molar-refractivity contribution in [2.24, 2.45) is 4.99 Å². The first kappa shape index (κ1) is 24.4. The molecular formula is C20H28ClIN6O2. The van der Waals surface area contributed by atoms with Gasteiger partial charge < -0.3 is 19.6 Å². The maximum atomic E-state index is 12.6. The first-order valence-electron chi connectivity index (χ1n) is 9.90. The number of halogens is 2. The van der Waals surface area contributed by atoms with Gasteiger partial charge in [0.05, 0.1) is 13.0 Å². The van der Waals surface area contributed by atoms with Crippen molar-refractivity contribution in [3.8, 4) is 0 Å². The van der Waals surface area contributed by atoms with Crippen LogP contribution in [0.25, 0.3) is 0 Å². The second kappa shape index (κ2) is 12.1. The maximum Gasteiger partial charge on any atom is 0.228 e. The van der Waals surface area contributed by atoms with Gasteiger partial charge in [-0.05, 0) is 31.5 Å². The largest absolute Gasteiger partial charge is 0.357 e. The number of hydrogen-bond donors (Lipinski definition) is 1. The number of carbonyl (C=O) groups is 1. The molecule has 0 saturated carbocycles. The van der Waals surface area contributed by atoms with E-state index in [1.807, 2.05) is 36.1 Å². The van der Waals surface area contributed by atoms with Gasteiger partial charge in [-0.15, -0.1) is 24.0 Å². The Hall–Kier alpha value is -1.88. The van der Waals surface area contributed by atoms with Gasteiger partial charge in [0.15, 0.2) is 11.8 Å². The van der Waals surface area contributed by atoms with Gasteiger partial charge in [-0.25, -0.2) is 0 Å². The molecule has 1 aromatic carbocycles. The van der Waals surface area contributed by atoms with Crippen molar-refractivity contribution in [1.82, 2.24) is 25.3 Å². The van der Waals surface area contributed by atoms with Crippen LogP contribution in [0.2, 0.25) is 5.02 Å². The number of aromatic nitrogens is 2. The SMILES string of the molecule is CCNC(=NCCc1nc(C)no1)N1CCN(C(=O)Cc2cccc(Cl)c2)CC1.I. The van der Waals surface area contributed by atoms with Gasteiger partial charge in [-0.1, -0.05) is 28.9 Å². The summed E-state index contributed by atoms with van der Waals surface area (Å²) >= 11 is 6.01. The lowest BCUT2D eigenvalue weighted by Gasteiger charge is -2.36. The fourth-order valence-corrected chi connectivity index (χ4v) is 3.44. The molecule has 1 amide bonds. The molecule has 0 bridgehead atoms. The molecule has 3 rings (SSSR count). The number of rotatable bonds is 6. The number of hydrogen-bond acceptors (Lipinski definition) is 5. The van der Waals surface area contributed by atoms with Crippen LogP contribution in [0.1, 0.15) is 24.2 Å². The van der Waals surface area contributed by atoms with Crippen molar-refractivity contribution < 1.29 is 9.32 Å². The highest BCUT2D eigenvalue weighted by atomic mass is 127. The summed E-state index contributed by atoms with van der Waals surface area (Å²) in [4.78, 5) is 25.6. The Morgan fingerprint density at radius 3 is 2.63 bits per heavy atom. The summed E-state index contributed by atoms with van der Waals surface area (Å²) < 4.78 is 5.13. The Labute approximate surface area is 199 Å². The zero-order valence-corrected chi connectivity index (χ0v) is 20.4. The van der Waals surface area contributed by atoms with Crippen LogP contribution < -0.4 is 5.32 Å². The molecule has 1 aliphatic heterocycles. The van der Waals surface area contributed by atoms with Crippen molar-refractivity contribution in [3.05, 3.63) is 46.6 Å². The molecule has 164 valence electrons. The molecule has 30 heavy (non-hydrogen) atoms. The standard InChI is InChI=1S/C20H27ClN6O2.HI/c1-3-22-20(23-8-7-18-24-15(2)25-29-18)27-11-9-26(10-12-27)19(28)14-16-5-4-6-17(21)13-16;/h4-6,13H,3,7-12,14H2,1-2H3,(H,22,23);1H. The zero-order chi connectivity index (χ0) is 20.6. The summed E-state index contributed by atoms with van der Waals surface area (Å²) in [5.74, 6) is 2.21. The summed E-state index contributed by atoms with van der Waals surface area (Å²) in [7, 11) is 0. The molecule has 2 aromatic rings. The van der Waals surface area contributed by atoms with E-state index in [1.54, 1.807) is 6.92 Å². The summed E-state index contributed by atoms with van der Waals surface area (Å²) in [5, 5.41) is 7.77. The Kier molecular flexibility index (Phi) is 9.83. The zero-order valence-electron chi connectivity index (χ0n) is 17.3. The molecule has 1 aliphatic rings. The first-order valence-corrected chi connectivity index (χ1v) is 10.3. The topological polar surface area (TPSA) is 86.9 Å². The average molecular weight is 547 g/mol. The van der Waals surface area contributed by atoms with E-state index >= 15 is 0 Å². The molecule has 8 nitrogen and oxygen atoms in total. The lowest BCUT2D eigenvalue weighted by Crippen LogP contribution is -2.54. The molecule has 0 radical (unpaired) electrons. The minimum atomic E-state index is 0. The lowest BCUT2D eigenvalue weighted by atomic mass is 10.1. The van der Waals surface area contributed by atoms with Crippen LogP contribution in [-0.2, 0) is 17.6 Å². The Morgan fingerprint density at radius 1 is 1.27 bits per heavy atom. The van der Waals surface area contributed by atoms with E-state index in [0.717, 1.165) is 31.2 Å². The van der Waals surface area contributed by atoms with Crippen molar-refractivity contribution >= 4 is 47.4 Å².